The summed E-state index contributed by atoms with van der Waals surface area (Å²) in [6, 6.07) is 6.28. The van der Waals surface area contributed by atoms with Crippen LogP contribution in [-0.2, 0) is 6.61 Å². The molecule has 1 aliphatic heterocycles. The summed E-state index contributed by atoms with van der Waals surface area (Å²) in [6.45, 7) is 2.85. The van der Waals surface area contributed by atoms with Crippen molar-refractivity contribution in [2.45, 2.75) is 38.9 Å². The summed E-state index contributed by atoms with van der Waals surface area (Å²) in [5.41, 5.74) is 2.59. The standard InChI is InChI=1S/C8H8O.C4H8O/c1-6-2-7-4-8(3-6)9-5-7;5-4-2-1-3-4/h2-4H,5H2,1H3;4-5H,1-3H2. The zero-order valence-electron chi connectivity index (χ0n) is 8.49. The lowest BCUT2D eigenvalue weighted by molar-refractivity contribution is 0.0950. The molecule has 0 unspecified atom stereocenters. The molecule has 0 saturated heterocycles. The highest BCUT2D eigenvalue weighted by molar-refractivity contribution is 5.36. The van der Waals surface area contributed by atoms with Gasteiger partial charge in [0.25, 0.3) is 0 Å². The number of aliphatic hydroxyl groups is 1. The van der Waals surface area contributed by atoms with Gasteiger partial charge in [0.05, 0.1) is 6.10 Å². The maximum atomic E-state index is 8.45. The number of hydrogen-bond donors (Lipinski definition) is 1. The molecule has 2 aliphatic rings. The Balaban J connectivity index is 0.000000128. The molecule has 76 valence electrons. The van der Waals surface area contributed by atoms with Crippen molar-refractivity contribution >= 4 is 0 Å². The van der Waals surface area contributed by atoms with Gasteiger partial charge in [0, 0.05) is 0 Å². The van der Waals surface area contributed by atoms with Crippen molar-refractivity contribution in [2.24, 2.45) is 0 Å². The van der Waals surface area contributed by atoms with E-state index in [0.29, 0.717) is 0 Å². The van der Waals surface area contributed by atoms with Gasteiger partial charge in [0.15, 0.2) is 0 Å². The second kappa shape index (κ2) is 4.01. The third-order valence-corrected chi connectivity index (χ3v) is 2.59. The molecule has 1 heterocycles. The van der Waals surface area contributed by atoms with Crippen LogP contribution in [0, 0.1) is 6.92 Å². The van der Waals surface area contributed by atoms with Crippen molar-refractivity contribution in [1.29, 1.82) is 0 Å². The molecule has 1 N–H and O–H groups in total. The summed E-state index contributed by atoms with van der Waals surface area (Å²) in [5.74, 6) is 1.02. The summed E-state index contributed by atoms with van der Waals surface area (Å²) in [4.78, 5) is 0. The van der Waals surface area contributed by atoms with Crippen LogP contribution in [0.4, 0.5) is 0 Å². The first kappa shape index (κ1) is 9.53. The molecule has 2 heteroatoms. The van der Waals surface area contributed by atoms with Crippen LogP contribution in [0.25, 0.3) is 0 Å². The van der Waals surface area contributed by atoms with E-state index in [1.807, 2.05) is 0 Å². The fraction of sp³-hybridized carbons (Fsp3) is 0.500. The van der Waals surface area contributed by atoms with Gasteiger partial charge in [-0.1, -0.05) is 6.07 Å². The molecule has 14 heavy (non-hydrogen) atoms. The first-order valence-corrected chi connectivity index (χ1v) is 5.15. The third kappa shape index (κ3) is 2.26. The summed E-state index contributed by atoms with van der Waals surface area (Å²) >= 11 is 0. The molecule has 1 aliphatic carbocycles. The minimum Gasteiger partial charge on any atom is -0.489 e. The van der Waals surface area contributed by atoms with E-state index in [2.05, 4.69) is 25.1 Å². The topological polar surface area (TPSA) is 29.5 Å². The van der Waals surface area contributed by atoms with Gasteiger partial charge in [-0.05, 0) is 49.4 Å². The Morgan fingerprint density at radius 1 is 1.29 bits per heavy atom. The van der Waals surface area contributed by atoms with Gasteiger partial charge in [-0.15, -0.1) is 0 Å². The molecule has 3 rings (SSSR count). The quantitative estimate of drug-likeness (QED) is 0.684. The minimum atomic E-state index is 0.0648. The Labute approximate surface area is 84.5 Å². The van der Waals surface area contributed by atoms with E-state index in [9.17, 15) is 0 Å². The molecule has 0 atom stereocenters. The van der Waals surface area contributed by atoms with Gasteiger partial charge in [0.1, 0.15) is 12.4 Å². The Morgan fingerprint density at radius 3 is 2.50 bits per heavy atom. The molecule has 0 aromatic heterocycles. The monoisotopic (exact) mass is 192 g/mol. The Kier molecular flexibility index (Phi) is 2.73. The lowest BCUT2D eigenvalue weighted by atomic mass is 9.97. The van der Waals surface area contributed by atoms with Crippen LogP contribution in [0.3, 0.4) is 0 Å². The Morgan fingerprint density at radius 2 is 2.00 bits per heavy atom. The summed E-state index contributed by atoms with van der Waals surface area (Å²) in [6.07, 6.45) is 3.39. The zero-order valence-corrected chi connectivity index (χ0v) is 8.49. The Hall–Kier alpha value is -1.02. The van der Waals surface area contributed by atoms with E-state index in [1.54, 1.807) is 0 Å². The number of rotatable bonds is 0. The highest BCUT2D eigenvalue weighted by atomic mass is 16.5. The lowest BCUT2D eigenvalue weighted by Crippen LogP contribution is -2.15. The van der Waals surface area contributed by atoms with Gasteiger partial charge >= 0.3 is 0 Å². The molecule has 2 nitrogen and oxygen atoms in total. The largest absolute Gasteiger partial charge is 0.489 e. The highest BCUT2D eigenvalue weighted by Crippen LogP contribution is 2.23. The van der Waals surface area contributed by atoms with Crippen LogP contribution >= 0.6 is 0 Å². The van der Waals surface area contributed by atoms with Gasteiger partial charge in [-0.25, -0.2) is 0 Å². The second-order valence-electron chi connectivity index (χ2n) is 4.03. The fourth-order valence-electron chi connectivity index (χ4n) is 1.54. The molecule has 0 spiro atoms. The van der Waals surface area contributed by atoms with Gasteiger partial charge in [0.2, 0.25) is 0 Å². The molecule has 0 radical (unpaired) electrons. The van der Waals surface area contributed by atoms with Gasteiger partial charge < -0.3 is 9.84 Å². The number of ether oxygens (including phenoxy) is 1. The summed E-state index contributed by atoms with van der Waals surface area (Å²) < 4.78 is 5.26. The first-order valence-electron chi connectivity index (χ1n) is 5.15. The average molecular weight is 192 g/mol. The van der Waals surface area contributed by atoms with E-state index < -0.39 is 0 Å². The summed E-state index contributed by atoms with van der Waals surface area (Å²) in [5, 5.41) is 8.45. The number of fused-ring (bicyclic) bond motifs is 2. The minimum absolute atomic E-state index is 0.0648. The van der Waals surface area contributed by atoms with Crippen molar-refractivity contribution in [2.75, 3.05) is 0 Å². The van der Waals surface area contributed by atoms with E-state index in [4.69, 9.17) is 9.84 Å². The van der Waals surface area contributed by atoms with Crippen LogP contribution in [-0.4, -0.2) is 11.2 Å². The lowest BCUT2D eigenvalue weighted by Gasteiger charge is -2.17. The van der Waals surface area contributed by atoms with Crippen LogP contribution in [0.5, 0.6) is 5.75 Å². The van der Waals surface area contributed by atoms with E-state index in [-0.39, 0.29) is 6.10 Å². The van der Waals surface area contributed by atoms with Crippen molar-refractivity contribution in [3.63, 3.8) is 0 Å². The van der Waals surface area contributed by atoms with Crippen molar-refractivity contribution in [1.82, 2.24) is 0 Å². The summed E-state index contributed by atoms with van der Waals surface area (Å²) in [7, 11) is 0. The maximum Gasteiger partial charge on any atom is 0.120 e. The number of aliphatic hydroxyl groups excluding tert-OH is 1. The molecule has 0 amide bonds. The van der Waals surface area contributed by atoms with E-state index in [1.165, 1.54) is 17.5 Å². The Bertz CT molecular complexity index is 294. The molecule has 1 aromatic rings. The smallest absolute Gasteiger partial charge is 0.120 e. The first-order chi connectivity index (χ1) is 6.74. The number of hydrogen-bond acceptors (Lipinski definition) is 2. The molecule has 1 aromatic carbocycles. The molecular formula is C12H16O2. The van der Waals surface area contributed by atoms with Crippen molar-refractivity contribution < 1.29 is 9.84 Å². The van der Waals surface area contributed by atoms with Crippen LogP contribution < -0.4 is 4.74 Å². The number of aryl methyl sites for hydroxylation is 1. The number of benzene rings is 1. The van der Waals surface area contributed by atoms with E-state index in [0.717, 1.165) is 25.2 Å². The third-order valence-electron chi connectivity index (χ3n) is 2.59. The fourth-order valence-corrected chi connectivity index (χ4v) is 1.54. The van der Waals surface area contributed by atoms with Crippen LogP contribution in [0.1, 0.15) is 30.4 Å². The molecular weight excluding hydrogens is 176 g/mol. The van der Waals surface area contributed by atoms with Crippen molar-refractivity contribution in [3.05, 3.63) is 29.3 Å². The zero-order chi connectivity index (χ0) is 9.97. The predicted octanol–water partition coefficient (Wildman–Crippen LogP) is 2.42. The normalized spacial score (nSPS) is 17.9. The molecule has 1 saturated carbocycles. The highest BCUT2D eigenvalue weighted by Gasteiger charge is 2.11. The second-order valence-corrected chi connectivity index (χ2v) is 4.03. The van der Waals surface area contributed by atoms with Crippen molar-refractivity contribution in [3.8, 4) is 5.75 Å². The van der Waals surface area contributed by atoms with E-state index >= 15 is 0 Å². The average Bonchev–Trinajstić information content (AvgIpc) is 2.43. The van der Waals surface area contributed by atoms with Crippen LogP contribution in [0.2, 0.25) is 0 Å². The van der Waals surface area contributed by atoms with Gasteiger partial charge in [-0.3, -0.25) is 0 Å². The van der Waals surface area contributed by atoms with Gasteiger partial charge in [-0.2, -0.15) is 0 Å². The molecule has 2 bridgehead atoms. The maximum absolute atomic E-state index is 8.45. The molecule has 1 fully saturated rings. The SMILES string of the molecule is Cc1cc2cc(c1)OC2.OC1CCC1. The van der Waals surface area contributed by atoms with Crippen LogP contribution in [0.15, 0.2) is 18.2 Å². The predicted molar refractivity (Wildman–Crippen MR) is 55.4 cm³/mol.